The van der Waals surface area contributed by atoms with Gasteiger partial charge in [-0.15, -0.1) is 0 Å². The summed E-state index contributed by atoms with van der Waals surface area (Å²) in [6.45, 7) is 6.92. The lowest BCUT2D eigenvalue weighted by atomic mass is 9.85. The number of pyridine rings is 1. The molecule has 5 rings (SSSR count). The van der Waals surface area contributed by atoms with E-state index in [-0.39, 0.29) is 29.9 Å². The number of hydrogen-bond acceptors (Lipinski definition) is 7. The number of anilines is 1. The van der Waals surface area contributed by atoms with Crippen LogP contribution in [-0.4, -0.2) is 57.8 Å². The highest BCUT2D eigenvalue weighted by molar-refractivity contribution is 6.00. The lowest BCUT2D eigenvalue weighted by molar-refractivity contribution is -0.158. The van der Waals surface area contributed by atoms with Gasteiger partial charge in [-0.25, -0.2) is 4.52 Å². The smallest absolute Gasteiger partial charge is 0.255 e. The van der Waals surface area contributed by atoms with Crippen LogP contribution in [-0.2, 0) is 9.53 Å². The molecule has 10 heteroatoms. The molecule has 38 heavy (non-hydrogen) atoms. The Balaban J connectivity index is 1.27. The predicted molar refractivity (Wildman–Crippen MR) is 142 cm³/mol. The molecular weight excluding hydrogens is 482 g/mol. The van der Waals surface area contributed by atoms with Crippen molar-refractivity contribution in [3.8, 4) is 17.5 Å². The van der Waals surface area contributed by atoms with Crippen LogP contribution in [0.3, 0.4) is 0 Å². The fourth-order valence-corrected chi connectivity index (χ4v) is 5.01. The Morgan fingerprint density at radius 1 is 1.11 bits per heavy atom. The van der Waals surface area contributed by atoms with Crippen molar-refractivity contribution >= 4 is 23.0 Å². The molecule has 1 aliphatic heterocycles. The number of carbonyl (C=O) groups is 2. The Morgan fingerprint density at radius 2 is 1.82 bits per heavy atom. The van der Waals surface area contributed by atoms with E-state index in [2.05, 4.69) is 32.1 Å². The van der Waals surface area contributed by atoms with E-state index in [0.717, 1.165) is 36.9 Å². The molecule has 198 valence electrons. The Bertz CT molecular complexity index is 1400. The molecule has 1 aliphatic carbocycles. The summed E-state index contributed by atoms with van der Waals surface area (Å²) < 4.78 is 6.94. The first-order valence-electron chi connectivity index (χ1n) is 13.1. The molecule has 3 N–H and O–H groups in total. The van der Waals surface area contributed by atoms with Crippen molar-refractivity contribution in [1.82, 2.24) is 25.2 Å². The summed E-state index contributed by atoms with van der Waals surface area (Å²) in [5.41, 5.74) is 3.49. The van der Waals surface area contributed by atoms with Gasteiger partial charge in [0.15, 0.2) is 0 Å². The van der Waals surface area contributed by atoms with E-state index in [1.54, 1.807) is 16.8 Å². The van der Waals surface area contributed by atoms with E-state index < -0.39 is 5.41 Å². The largest absolute Gasteiger partial charge is 0.382 e. The minimum absolute atomic E-state index is 0.0398. The monoisotopic (exact) mass is 515 g/mol. The number of carbonyl (C=O) groups excluding carboxylic acids is 2. The van der Waals surface area contributed by atoms with Crippen molar-refractivity contribution < 1.29 is 14.3 Å². The number of nitrogens with zero attached hydrogens (tertiary/aromatic N) is 4. The van der Waals surface area contributed by atoms with Crippen LogP contribution in [0.2, 0.25) is 0 Å². The predicted octanol–water partition coefficient (Wildman–Crippen LogP) is 3.28. The second kappa shape index (κ2) is 10.4. The average molecular weight is 516 g/mol. The summed E-state index contributed by atoms with van der Waals surface area (Å²) >= 11 is 0. The molecule has 1 saturated heterocycles. The minimum atomic E-state index is -0.410. The Labute approximate surface area is 221 Å². The third-order valence-electron chi connectivity index (χ3n) is 7.27. The van der Waals surface area contributed by atoms with Gasteiger partial charge in [0, 0.05) is 24.3 Å². The van der Waals surface area contributed by atoms with Crippen molar-refractivity contribution in [1.29, 1.82) is 5.26 Å². The summed E-state index contributed by atoms with van der Waals surface area (Å²) in [5.74, 6) is -0.112. The fourth-order valence-electron chi connectivity index (χ4n) is 5.01. The molecule has 2 amide bonds. The molecule has 0 unspecified atom stereocenters. The molecular formula is C28H33N7O3. The SMILES string of the molecule is CC(C)Nc1cc(-c2ccc3cc(C#N)cnn23)ncc1C(=O)N[C@H]1CC[C@H](NC(=O)C2(C)COC2)CC1. The third kappa shape index (κ3) is 5.20. The quantitative estimate of drug-likeness (QED) is 0.440. The standard InChI is InChI=1S/C28H33N7O3/c1-17(2)32-23-11-24(25-9-8-21-10-18(12-29)13-31-35(21)25)30-14-22(23)26(36)33-19-4-6-20(7-5-19)34-27(37)28(3)15-38-16-28/h8-11,13-14,17,19-20H,4-7,15-16H2,1-3H3,(H,30,32)(H,33,36)(H,34,37)/t19-,20-. The van der Waals surface area contributed by atoms with Crippen LogP contribution < -0.4 is 16.0 Å². The molecule has 0 aromatic carbocycles. The molecule has 2 fully saturated rings. The van der Waals surface area contributed by atoms with Gasteiger partial charge in [-0.3, -0.25) is 14.6 Å². The summed E-state index contributed by atoms with van der Waals surface area (Å²) in [4.78, 5) is 30.4. The Hall–Kier alpha value is -3.97. The second-order valence-electron chi connectivity index (χ2n) is 10.9. The van der Waals surface area contributed by atoms with Crippen molar-refractivity contribution in [2.75, 3.05) is 18.5 Å². The number of nitriles is 1. The number of ether oxygens (including phenoxy) is 1. The number of aromatic nitrogens is 3. The van der Waals surface area contributed by atoms with Crippen LogP contribution in [0.25, 0.3) is 16.9 Å². The van der Waals surface area contributed by atoms with Crippen LogP contribution in [0.4, 0.5) is 5.69 Å². The molecule has 0 spiro atoms. The van der Waals surface area contributed by atoms with E-state index in [0.29, 0.717) is 35.7 Å². The number of amides is 2. The summed E-state index contributed by atoms with van der Waals surface area (Å²) in [7, 11) is 0. The molecule has 2 aliphatic rings. The van der Waals surface area contributed by atoms with E-state index in [9.17, 15) is 9.59 Å². The van der Waals surface area contributed by atoms with Crippen LogP contribution in [0.1, 0.15) is 62.4 Å². The van der Waals surface area contributed by atoms with Crippen LogP contribution in [0, 0.1) is 16.7 Å². The number of nitrogens with one attached hydrogen (secondary N) is 3. The molecule has 0 atom stereocenters. The average Bonchev–Trinajstić information content (AvgIpc) is 3.31. The van der Waals surface area contributed by atoms with Gasteiger partial charge in [-0.05, 0) is 70.7 Å². The number of rotatable bonds is 7. The van der Waals surface area contributed by atoms with Gasteiger partial charge in [0.25, 0.3) is 5.91 Å². The molecule has 10 nitrogen and oxygen atoms in total. The van der Waals surface area contributed by atoms with Crippen molar-refractivity contribution in [2.24, 2.45) is 5.41 Å². The van der Waals surface area contributed by atoms with E-state index in [1.165, 1.54) is 6.20 Å². The van der Waals surface area contributed by atoms with Gasteiger partial charge in [0.1, 0.15) is 6.07 Å². The topological polar surface area (TPSA) is 133 Å². The summed E-state index contributed by atoms with van der Waals surface area (Å²) in [6, 6.07) is 9.81. The van der Waals surface area contributed by atoms with Crippen LogP contribution >= 0.6 is 0 Å². The summed E-state index contributed by atoms with van der Waals surface area (Å²) in [5, 5.41) is 23.2. The molecule has 1 saturated carbocycles. The van der Waals surface area contributed by atoms with Crippen LogP contribution in [0.5, 0.6) is 0 Å². The first-order chi connectivity index (χ1) is 18.3. The highest BCUT2D eigenvalue weighted by atomic mass is 16.5. The normalized spacial score (nSPS) is 20.4. The number of fused-ring (bicyclic) bond motifs is 1. The van der Waals surface area contributed by atoms with Gasteiger partial charge in [0.05, 0.1) is 58.5 Å². The van der Waals surface area contributed by atoms with E-state index >= 15 is 0 Å². The first kappa shape index (κ1) is 25.7. The van der Waals surface area contributed by atoms with Crippen molar-refractivity contribution in [3.63, 3.8) is 0 Å². The van der Waals surface area contributed by atoms with Gasteiger partial charge in [0.2, 0.25) is 5.91 Å². The molecule has 4 heterocycles. The zero-order valence-electron chi connectivity index (χ0n) is 22.0. The maximum atomic E-state index is 13.3. The highest BCUT2D eigenvalue weighted by Gasteiger charge is 2.42. The third-order valence-corrected chi connectivity index (χ3v) is 7.27. The lowest BCUT2D eigenvalue weighted by Gasteiger charge is -2.38. The zero-order chi connectivity index (χ0) is 26.9. The first-order valence-corrected chi connectivity index (χ1v) is 13.1. The maximum Gasteiger partial charge on any atom is 0.255 e. The van der Waals surface area contributed by atoms with Gasteiger partial charge in [-0.2, -0.15) is 10.4 Å². The van der Waals surface area contributed by atoms with E-state index in [1.807, 2.05) is 39.0 Å². The minimum Gasteiger partial charge on any atom is -0.382 e. The molecule has 3 aromatic heterocycles. The van der Waals surface area contributed by atoms with E-state index in [4.69, 9.17) is 10.00 Å². The number of hydrogen-bond donors (Lipinski definition) is 3. The van der Waals surface area contributed by atoms with Crippen molar-refractivity contribution in [3.05, 3.63) is 47.8 Å². The Morgan fingerprint density at radius 3 is 2.45 bits per heavy atom. The van der Waals surface area contributed by atoms with Gasteiger partial charge in [-0.1, -0.05) is 0 Å². The molecule has 0 bridgehead atoms. The molecule has 3 aromatic rings. The highest BCUT2D eigenvalue weighted by Crippen LogP contribution is 2.29. The lowest BCUT2D eigenvalue weighted by Crippen LogP contribution is -2.55. The molecule has 0 radical (unpaired) electrons. The maximum absolute atomic E-state index is 13.3. The second-order valence-corrected chi connectivity index (χ2v) is 10.9. The van der Waals surface area contributed by atoms with Crippen LogP contribution in [0.15, 0.2) is 36.7 Å². The zero-order valence-corrected chi connectivity index (χ0v) is 22.0. The summed E-state index contributed by atoms with van der Waals surface area (Å²) in [6.07, 6.45) is 6.37. The van der Waals surface area contributed by atoms with Gasteiger partial charge < -0.3 is 20.7 Å². The van der Waals surface area contributed by atoms with Gasteiger partial charge >= 0.3 is 0 Å². The Kier molecular flexibility index (Phi) is 7.04. The van der Waals surface area contributed by atoms with Crippen molar-refractivity contribution in [2.45, 2.75) is 64.6 Å². The fraction of sp³-hybridized carbons (Fsp3) is 0.464.